The van der Waals surface area contributed by atoms with Crippen molar-refractivity contribution in [2.75, 3.05) is 34.0 Å². The highest BCUT2D eigenvalue weighted by Gasteiger charge is 2.38. The summed E-state index contributed by atoms with van der Waals surface area (Å²) in [6, 6.07) is 3.34. The smallest absolute Gasteiger partial charge is 0.170 e. The molecule has 5 nitrogen and oxygen atoms in total. The van der Waals surface area contributed by atoms with Crippen LogP contribution in [0, 0.1) is 5.41 Å². The summed E-state index contributed by atoms with van der Waals surface area (Å²) in [7, 11) is 3.29. The van der Waals surface area contributed by atoms with E-state index in [1.807, 2.05) is 13.8 Å². The van der Waals surface area contributed by atoms with Crippen molar-refractivity contribution in [1.82, 2.24) is 0 Å². The Balaban J connectivity index is 2.18. The Morgan fingerprint density at radius 2 is 2.00 bits per heavy atom. The highest BCUT2D eigenvalue weighted by atomic mass is 35.5. The second kappa shape index (κ2) is 8.19. The van der Waals surface area contributed by atoms with E-state index in [-0.39, 0.29) is 17.3 Å². The van der Waals surface area contributed by atoms with Crippen molar-refractivity contribution < 1.29 is 23.7 Å². The zero-order valence-corrected chi connectivity index (χ0v) is 15.4. The average Bonchev–Trinajstić information content (AvgIpc) is 2.52. The lowest BCUT2D eigenvalue weighted by molar-refractivity contribution is -0.000834. The van der Waals surface area contributed by atoms with E-state index in [1.54, 1.807) is 26.4 Å². The number of Topliss-reactive ketones (excluding diaryl/α,β-unsaturated/α-hetero) is 1. The highest BCUT2D eigenvalue weighted by molar-refractivity contribution is 6.32. The van der Waals surface area contributed by atoms with Gasteiger partial charge < -0.3 is 18.9 Å². The molecule has 134 valence electrons. The Morgan fingerprint density at radius 1 is 1.25 bits per heavy atom. The fourth-order valence-electron chi connectivity index (χ4n) is 2.72. The lowest BCUT2D eigenvalue weighted by atomic mass is 9.82. The summed E-state index contributed by atoms with van der Waals surface area (Å²) in [5, 5.41) is 0.415. The Labute approximate surface area is 148 Å². The minimum absolute atomic E-state index is 0.0262. The molecule has 0 saturated carbocycles. The molecule has 1 aromatic carbocycles. The SMILES string of the molecule is COCCCOc1cc2c(cc1Cl)C(=O)CC(C(C)(C)COC)O2. The van der Waals surface area contributed by atoms with Gasteiger partial charge in [-0.1, -0.05) is 25.4 Å². The first-order valence-corrected chi connectivity index (χ1v) is 8.41. The van der Waals surface area contributed by atoms with Gasteiger partial charge >= 0.3 is 0 Å². The summed E-state index contributed by atoms with van der Waals surface area (Å²) in [4.78, 5) is 12.5. The summed E-state index contributed by atoms with van der Waals surface area (Å²) in [6.07, 6.45) is 0.820. The van der Waals surface area contributed by atoms with Gasteiger partial charge in [0.2, 0.25) is 0 Å². The molecule has 1 unspecified atom stereocenters. The van der Waals surface area contributed by atoms with E-state index < -0.39 is 0 Å². The molecule has 0 spiro atoms. The number of ketones is 1. The summed E-state index contributed by atoms with van der Waals surface area (Å²) >= 11 is 6.23. The summed E-state index contributed by atoms with van der Waals surface area (Å²) in [5.41, 5.74) is 0.231. The fraction of sp³-hybridized carbons (Fsp3) is 0.611. The third-order valence-electron chi connectivity index (χ3n) is 4.11. The van der Waals surface area contributed by atoms with Crippen LogP contribution < -0.4 is 9.47 Å². The molecular weight excluding hydrogens is 332 g/mol. The van der Waals surface area contributed by atoms with Crippen LogP contribution in [0.15, 0.2) is 12.1 Å². The number of benzene rings is 1. The molecule has 24 heavy (non-hydrogen) atoms. The molecule has 1 heterocycles. The van der Waals surface area contributed by atoms with Gasteiger partial charge in [-0.2, -0.15) is 0 Å². The van der Waals surface area contributed by atoms with E-state index in [1.165, 1.54) is 0 Å². The minimum Gasteiger partial charge on any atom is -0.492 e. The van der Waals surface area contributed by atoms with Crippen LogP contribution in [0.25, 0.3) is 0 Å². The maximum Gasteiger partial charge on any atom is 0.170 e. The second-order valence-electron chi connectivity index (χ2n) is 6.63. The van der Waals surface area contributed by atoms with Crippen molar-refractivity contribution in [1.29, 1.82) is 0 Å². The van der Waals surface area contributed by atoms with E-state index >= 15 is 0 Å². The molecule has 0 saturated heterocycles. The van der Waals surface area contributed by atoms with Crippen molar-refractivity contribution in [3.8, 4) is 11.5 Å². The Hall–Kier alpha value is -1.30. The van der Waals surface area contributed by atoms with Gasteiger partial charge in [0.1, 0.15) is 17.6 Å². The molecule has 0 bridgehead atoms. The van der Waals surface area contributed by atoms with E-state index in [0.717, 1.165) is 6.42 Å². The van der Waals surface area contributed by atoms with Gasteiger partial charge in [-0.05, 0) is 6.07 Å². The van der Waals surface area contributed by atoms with Gasteiger partial charge in [-0.3, -0.25) is 4.79 Å². The van der Waals surface area contributed by atoms with E-state index in [2.05, 4.69) is 0 Å². The van der Waals surface area contributed by atoms with Crippen molar-refractivity contribution in [3.63, 3.8) is 0 Å². The molecular formula is C18H25ClO5. The van der Waals surface area contributed by atoms with Gasteiger partial charge in [-0.15, -0.1) is 0 Å². The van der Waals surface area contributed by atoms with Gasteiger partial charge in [0.05, 0.1) is 23.8 Å². The first-order chi connectivity index (χ1) is 11.4. The average molecular weight is 357 g/mol. The van der Waals surface area contributed by atoms with Crippen molar-refractivity contribution >= 4 is 17.4 Å². The van der Waals surface area contributed by atoms with Crippen LogP contribution in [0.3, 0.4) is 0 Å². The third-order valence-corrected chi connectivity index (χ3v) is 4.41. The Bertz CT molecular complexity index is 585. The molecule has 1 aliphatic rings. The van der Waals surface area contributed by atoms with Gasteiger partial charge in [0.25, 0.3) is 0 Å². The lowest BCUT2D eigenvalue weighted by Gasteiger charge is -2.36. The molecule has 0 aromatic heterocycles. The quantitative estimate of drug-likeness (QED) is 0.664. The fourth-order valence-corrected chi connectivity index (χ4v) is 2.94. The van der Waals surface area contributed by atoms with Crippen LogP contribution in [0.2, 0.25) is 5.02 Å². The van der Waals surface area contributed by atoms with Gasteiger partial charge in [0, 0.05) is 45.1 Å². The predicted molar refractivity (Wildman–Crippen MR) is 92.5 cm³/mol. The van der Waals surface area contributed by atoms with Crippen molar-refractivity contribution in [3.05, 3.63) is 22.7 Å². The molecule has 0 radical (unpaired) electrons. The van der Waals surface area contributed by atoms with E-state index in [0.29, 0.717) is 48.3 Å². The predicted octanol–water partition coefficient (Wildman–Crippen LogP) is 3.76. The number of rotatable bonds is 8. The monoisotopic (exact) mass is 356 g/mol. The molecule has 1 aromatic rings. The lowest BCUT2D eigenvalue weighted by Crippen LogP contribution is -2.42. The third kappa shape index (κ3) is 4.41. The van der Waals surface area contributed by atoms with Crippen LogP contribution >= 0.6 is 11.6 Å². The van der Waals surface area contributed by atoms with Gasteiger partial charge in [0.15, 0.2) is 5.78 Å². The first-order valence-electron chi connectivity index (χ1n) is 8.03. The number of fused-ring (bicyclic) bond motifs is 1. The van der Waals surface area contributed by atoms with E-state index in [9.17, 15) is 4.79 Å². The zero-order valence-electron chi connectivity index (χ0n) is 14.7. The normalized spacial score (nSPS) is 17.4. The van der Waals surface area contributed by atoms with Crippen LogP contribution in [0.1, 0.15) is 37.0 Å². The molecule has 1 aliphatic heterocycles. The minimum atomic E-state index is -0.277. The summed E-state index contributed by atoms with van der Waals surface area (Å²) in [5.74, 6) is 1.06. The van der Waals surface area contributed by atoms with Gasteiger partial charge in [-0.25, -0.2) is 0 Å². The number of hydrogen-bond donors (Lipinski definition) is 0. The van der Waals surface area contributed by atoms with Crippen molar-refractivity contribution in [2.45, 2.75) is 32.8 Å². The number of methoxy groups -OCH3 is 2. The molecule has 0 N–H and O–H groups in total. The van der Waals surface area contributed by atoms with Crippen LogP contribution in [0.4, 0.5) is 0 Å². The number of hydrogen-bond acceptors (Lipinski definition) is 5. The van der Waals surface area contributed by atoms with Crippen LogP contribution in [-0.2, 0) is 9.47 Å². The molecule has 0 aliphatic carbocycles. The highest BCUT2D eigenvalue weighted by Crippen LogP contribution is 2.40. The molecule has 0 fully saturated rings. The topological polar surface area (TPSA) is 54.0 Å². The zero-order chi connectivity index (χ0) is 17.7. The Kier molecular flexibility index (Phi) is 6.49. The summed E-state index contributed by atoms with van der Waals surface area (Å²) < 4.78 is 22.0. The number of halogens is 1. The number of ether oxygens (including phenoxy) is 4. The molecule has 1 atom stereocenters. The van der Waals surface area contributed by atoms with Crippen molar-refractivity contribution in [2.24, 2.45) is 5.41 Å². The van der Waals surface area contributed by atoms with Crippen LogP contribution in [-0.4, -0.2) is 45.9 Å². The maximum absolute atomic E-state index is 12.5. The first kappa shape index (κ1) is 19.0. The van der Waals surface area contributed by atoms with E-state index in [4.69, 9.17) is 30.5 Å². The second-order valence-corrected chi connectivity index (χ2v) is 7.04. The summed E-state index contributed by atoms with van der Waals surface area (Å²) in [6.45, 7) is 5.66. The number of carbonyl (C=O) groups excluding carboxylic acids is 1. The molecule has 6 heteroatoms. The van der Waals surface area contributed by atoms with Crippen LogP contribution in [0.5, 0.6) is 11.5 Å². The Morgan fingerprint density at radius 3 is 2.67 bits per heavy atom. The standard InChI is InChI=1S/C18H25ClO5/c1-18(2,11-22-4)17-9-14(20)12-8-13(19)16(10-15(12)24-17)23-7-5-6-21-3/h8,10,17H,5-7,9,11H2,1-4H3. The number of carbonyl (C=O) groups is 1. The largest absolute Gasteiger partial charge is 0.492 e. The maximum atomic E-state index is 12.5. The molecule has 2 rings (SSSR count). The molecule has 0 amide bonds.